The molecule has 1 saturated carbocycles. The molecule has 3 N–H and O–H groups in total. The van der Waals surface area contributed by atoms with Crippen LogP contribution in [0.2, 0.25) is 0 Å². The van der Waals surface area contributed by atoms with E-state index < -0.39 is 66.2 Å². The number of halogens is 1. The fourth-order valence-electron chi connectivity index (χ4n) is 6.51. The molecule has 2 bridgehead atoms. The van der Waals surface area contributed by atoms with E-state index in [1.165, 1.54) is 14.0 Å². The van der Waals surface area contributed by atoms with Crippen molar-refractivity contribution in [1.82, 2.24) is 0 Å². The second-order valence-electron chi connectivity index (χ2n) is 13.2. The minimum atomic E-state index is -1.95. The Labute approximate surface area is 266 Å². The number of hydrogen-bond donors (Lipinski definition) is 3. The number of methoxy groups -OCH3 is 2. The number of aliphatic hydroxyl groups is 3. The number of carbonyl (C=O) groups is 1. The smallest absolute Gasteiger partial charge is 0.314 e. The molecule has 4 rings (SSSR count). The number of aliphatic hydroxyl groups excluding tert-OH is 1. The minimum Gasteiger partial charge on any atom is -0.457 e. The Kier molecular flexibility index (Phi) is 11.3. The third-order valence-electron chi connectivity index (χ3n) is 9.67. The average molecular weight is 641 g/mol. The van der Waals surface area contributed by atoms with Crippen molar-refractivity contribution in [3.8, 4) is 11.8 Å². The lowest BCUT2D eigenvalue weighted by Crippen LogP contribution is -2.67. The van der Waals surface area contributed by atoms with E-state index in [-0.39, 0.29) is 35.7 Å². The van der Waals surface area contributed by atoms with Gasteiger partial charge in [-0.25, -0.2) is 0 Å². The molecule has 3 heterocycles. The number of cyclic esters (lactones) is 1. The van der Waals surface area contributed by atoms with E-state index in [9.17, 15) is 20.1 Å². The molecule has 15 atom stereocenters. The van der Waals surface area contributed by atoms with Crippen molar-refractivity contribution in [3.05, 3.63) is 23.8 Å². The lowest BCUT2D eigenvalue weighted by Gasteiger charge is -2.52. The first-order valence-electron chi connectivity index (χ1n) is 15.5. The highest BCUT2D eigenvalue weighted by Gasteiger charge is 2.57. The Balaban J connectivity index is 1.65. The molecule has 3 fully saturated rings. The van der Waals surface area contributed by atoms with Gasteiger partial charge in [-0.15, -0.1) is 11.6 Å². The van der Waals surface area contributed by atoms with Gasteiger partial charge >= 0.3 is 5.97 Å². The zero-order valence-electron chi connectivity index (χ0n) is 26.9. The Morgan fingerprint density at radius 3 is 2.43 bits per heavy atom. The first-order valence-corrected chi connectivity index (χ1v) is 15.9. The minimum absolute atomic E-state index is 0.0808. The predicted octanol–water partition coefficient (Wildman–Crippen LogP) is 3.09. The van der Waals surface area contributed by atoms with Crippen molar-refractivity contribution >= 4 is 17.6 Å². The molecule has 2 saturated heterocycles. The largest absolute Gasteiger partial charge is 0.457 e. The van der Waals surface area contributed by atoms with Crippen LogP contribution >= 0.6 is 11.6 Å². The highest BCUT2D eigenvalue weighted by atomic mass is 35.5. The normalized spacial score (nSPS) is 48.3. The van der Waals surface area contributed by atoms with Crippen LogP contribution in [0.3, 0.4) is 0 Å². The second kappa shape index (κ2) is 14.1. The highest BCUT2D eigenvalue weighted by Crippen LogP contribution is 2.44. The summed E-state index contributed by atoms with van der Waals surface area (Å²) in [5, 5.41) is 33.8. The number of ether oxygens (including phenoxy) is 6. The van der Waals surface area contributed by atoms with Gasteiger partial charge in [-0.3, -0.25) is 4.79 Å². The zero-order valence-corrected chi connectivity index (χ0v) is 27.7. The van der Waals surface area contributed by atoms with E-state index in [2.05, 4.69) is 11.8 Å². The van der Waals surface area contributed by atoms with E-state index in [0.29, 0.717) is 6.42 Å². The molecule has 4 aliphatic rings. The van der Waals surface area contributed by atoms with Crippen molar-refractivity contribution in [2.45, 2.75) is 127 Å². The average Bonchev–Trinajstić information content (AvgIpc) is 3.67. The fraction of sp³-hybridized carbons (Fsp3) is 0.788. The van der Waals surface area contributed by atoms with Crippen molar-refractivity contribution < 1.29 is 48.5 Å². The van der Waals surface area contributed by atoms with Gasteiger partial charge in [-0.05, 0) is 46.3 Å². The zero-order chi connectivity index (χ0) is 32.6. The summed E-state index contributed by atoms with van der Waals surface area (Å²) in [4.78, 5) is 13.5. The maximum Gasteiger partial charge on any atom is 0.314 e. The summed E-state index contributed by atoms with van der Waals surface area (Å²) in [6.07, 6.45) is 0.271. The summed E-state index contributed by atoms with van der Waals surface area (Å²) in [5.74, 6) is 2.05. The molecule has 0 amide bonds. The van der Waals surface area contributed by atoms with Gasteiger partial charge < -0.3 is 43.7 Å². The van der Waals surface area contributed by atoms with E-state index >= 15 is 0 Å². The maximum absolute atomic E-state index is 13.5. The number of allylic oxidation sites excluding steroid dienone is 1. The quantitative estimate of drug-likeness (QED) is 0.178. The molecule has 3 aliphatic heterocycles. The fourth-order valence-corrected chi connectivity index (χ4v) is 6.77. The van der Waals surface area contributed by atoms with Gasteiger partial charge in [-0.2, -0.15) is 0 Å². The van der Waals surface area contributed by atoms with Crippen LogP contribution in [0.1, 0.15) is 60.8 Å². The summed E-state index contributed by atoms with van der Waals surface area (Å²) in [6, 6.07) is 0. The lowest BCUT2D eigenvalue weighted by molar-refractivity contribution is -0.367. The van der Waals surface area contributed by atoms with E-state index in [4.69, 9.17) is 40.0 Å². The van der Waals surface area contributed by atoms with Crippen LogP contribution < -0.4 is 0 Å². The van der Waals surface area contributed by atoms with Gasteiger partial charge in [0.1, 0.15) is 29.8 Å². The first-order chi connectivity index (χ1) is 20.6. The van der Waals surface area contributed by atoms with Crippen molar-refractivity contribution in [3.63, 3.8) is 0 Å². The van der Waals surface area contributed by atoms with Gasteiger partial charge in [0.05, 0.1) is 24.4 Å². The van der Waals surface area contributed by atoms with Gasteiger partial charge in [0.2, 0.25) is 0 Å². The standard InChI is InChI=1S/C33H49ClO10/c1-17-13-23(12-10-9-11-22-15-24(22)34)42-30(36)20(4)33(38)16-26(19(3)27(44-33)18(2)25(14-17)39-7)43-31-29(40-8)32(6,37)28(35)21(5)41-31/h10,12,14,18-29,31,35,37-38H,13,15-16H2,1-8H3. The molecule has 44 heavy (non-hydrogen) atoms. The third kappa shape index (κ3) is 7.54. The SMILES string of the molecule is COC1C=C(C)CC(C=CC#CC2CC2Cl)OC(=O)C(C)C2(O)CC(OC3OC(C)C(O)C(C)(O)C3OC)C(C)C(O2)C1C. The van der Waals surface area contributed by atoms with Crippen molar-refractivity contribution in [2.75, 3.05) is 14.2 Å². The van der Waals surface area contributed by atoms with Gasteiger partial charge in [-0.1, -0.05) is 37.3 Å². The van der Waals surface area contributed by atoms with Crippen LogP contribution in [0, 0.1) is 35.5 Å². The second-order valence-corrected chi connectivity index (χ2v) is 13.7. The van der Waals surface area contributed by atoms with Gasteiger partial charge in [0.25, 0.3) is 0 Å². The van der Waals surface area contributed by atoms with Gasteiger partial charge in [0.15, 0.2) is 12.1 Å². The number of carbonyl (C=O) groups excluding carboxylic acids is 1. The summed E-state index contributed by atoms with van der Waals surface area (Å²) in [6.45, 7) is 10.6. The number of hydrogen-bond acceptors (Lipinski definition) is 10. The van der Waals surface area contributed by atoms with Crippen LogP contribution in [0.15, 0.2) is 23.8 Å². The first kappa shape index (κ1) is 35.3. The third-order valence-corrected chi connectivity index (χ3v) is 10.2. The van der Waals surface area contributed by atoms with Crippen LogP contribution in [0.25, 0.3) is 0 Å². The summed E-state index contributed by atoms with van der Waals surface area (Å²) in [5.41, 5.74) is -0.710. The van der Waals surface area contributed by atoms with Crippen molar-refractivity contribution in [1.29, 1.82) is 0 Å². The van der Waals surface area contributed by atoms with Crippen LogP contribution in [-0.4, -0.2) is 101 Å². The molecule has 248 valence electrons. The maximum atomic E-state index is 13.5. The summed E-state index contributed by atoms with van der Waals surface area (Å²) in [7, 11) is 3.03. The molecule has 0 aromatic rings. The molecule has 0 spiro atoms. The molecular weight excluding hydrogens is 592 g/mol. The monoisotopic (exact) mass is 640 g/mol. The number of esters is 1. The van der Waals surface area contributed by atoms with E-state index in [0.717, 1.165) is 12.0 Å². The predicted molar refractivity (Wildman–Crippen MR) is 162 cm³/mol. The number of alkyl halides is 1. The summed E-state index contributed by atoms with van der Waals surface area (Å²) < 4.78 is 36.2. The molecule has 0 aromatic heterocycles. The van der Waals surface area contributed by atoms with E-state index in [1.807, 2.05) is 26.8 Å². The van der Waals surface area contributed by atoms with Crippen molar-refractivity contribution in [2.24, 2.45) is 23.7 Å². The molecule has 1 aliphatic carbocycles. The molecule has 11 heteroatoms. The van der Waals surface area contributed by atoms with Gasteiger partial charge in [0, 0.05) is 50.2 Å². The Morgan fingerprint density at radius 2 is 1.82 bits per heavy atom. The topological polar surface area (TPSA) is 133 Å². The lowest BCUT2D eigenvalue weighted by atomic mass is 9.77. The molecular formula is C33H49ClO10. The number of fused-ring (bicyclic) bond motifs is 2. The Bertz CT molecular complexity index is 1150. The summed E-state index contributed by atoms with van der Waals surface area (Å²) >= 11 is 6.05. The van der Waals surface area contributed by atoms with Crippen LogP contribution in [-0.2, 0) is 33.2 Å². The van der Waals surface area contributed by atoms with Crippen LogP contribution in [0.4, 0.5) is 0 Å². The Morgan fingerprint density at radius 1 is 1.14 bits per heavy atom. The Hall–Kier alpha value is -1.52. The molecule has 10 nitrogen and oxygen atoms in total. The highest BCUT2D eigenvalue weighted by molar-refractivity contribution is 6.22. The molecule has 0 radical (unpaired) electrons. The number of rotatable bonds is 5. The van der Waals surface area contributed by atoms with E-state index in [1.54, 1.807) is 33.1 Å². The molecule has 0 aromatic carbocycles. The molecule has 15 unspecified atom stereocenters. The van der Waals surface area contributed by atoms with Crippen LogP contribution in [0.5, 0.6) is 0 Å².